The Morgan fingerprint density at radius 2 is 2.13 bits per heavy atom. The molecule has 0 spiro atoms. The quantitative estimate of drug-likeness (QED) is 0.734. The molecule has 0 radical (unpaired) electrons. The predicted octanol–water partition coefficient (Wildman–Crippen LogP) is 1.42. The molecular weight excluding hydrogens is 220 g/mol. The first-order valence-electron chi connectivity index (χ1n) is 4.27. The van der Waals surface area contributed by atoms with Crippen LogP contribution in [0.4, 0.5) is 0 Å². The van der Waals surface area contributed by atoms with E-state index in [0.717, 1.165) is 6.92 Å². The number of aliphatic carboxylic acids is 1. The Labute approximate surface area is 91.7 Å². The molecule has 3 N–H and O–H groups in total. The number of benzene rings is 1. The summed E-state index contributed by atoms with van der Waals surface area (Å²) in [5, 5.41) is 27.9. The Bertz CT molecular complexity index is 367. The lowest BCUT2D eigenvalue weighted by Gasteiger charge is -2.19. The van der Waals surface area contributed by atoms with E-state index in [1.54, 1.807) is 0 Å². The van der Waals surface area contributed by atoms with Gasteiger partial charge in [0.05, 0.1) is 0 Å². The van der Waals surface area contributed by atoms with Crippen LogP contribution in [0, 0.1) is 0 Å². The first-order chi connectivity index (χ1) is 6.84. The molecule has 1 rings (SSSR count). The first-order valence-corrected chi connectivity index (χ1v) is 4.64. The number of carboxylic acids is 1. The van der Waals surface area contributed by atoms with Gasteiger partial charge in [0.15, 0.2) is 5.60 Å². The molecule has 0 fully saturated rings. The molecule has 0 heterocycles. The molecule has 1 unspecified atom stereocenters. The maximum absolute atomic E-state index is 10.7. The fourth-order valence-corrected chi connectivity index (χ4v) is 1.38. The van der Waals surface area contributed by atoms with Crippen LogP contribution in [0.3, 0.4) is 0 Å². The monoisotopic (exact) mass is 230 g/mol. The highest BCUT2D eigenvalue weighted by molar-refractivity contribution is 6.31. The minimum absolute atomic E-state index is 0.121. The van der Waals surface area contributed by atoms with E-state index in [9.17, 15) is 15.0 Å². The van der Waals surface area contributed by atoms with E-state index in [2.05, 4.69) is 0 Å². The zero-order chi connectivity index (χ0) is 11.6. The summed E-state index contributed by atoms with van der Waals surface area (Å²) >= 11 is 5.78. The zero-order valence-corrected chi connectivity index (χ0v) is 8.82. The Morgan fingerprint density at radius 1 is 1.53 bits per heavy atom. The average Bonchev–Trinajstić information content (AvgIpc) is 2.11. The van der Waals surface area contributed by atoms with Crippen LogP contribution < -0.4 is 0 Å². The van der Waals surface area contributed by atoms with E-state index in [1.165, 1.54) is 18.2 Å². The molecule has 1 aromatic rings. The minimum atomic E-state index is -1.94. The summed E-state index contributed by atoms with van der Waals surface area (Å²) in [5.41, 5.74) is -1.71. The number of carboxylic acid groups (broad SMARTS) is 1. The number of carbonyl (C=O) groups is 1. The van der Waals surface area contributed by atoms with Gasteiger partial charge in [-0.3, -0.25) is 0 Å². The van der Waals surface area contributed by atoms with E-state index in [4.69, 9.17) is 16.7 Å². The van der Waals surface area contributed by atoms with Gasteiger partial charge in [-0.05, 0) is 19.1 Å². The number of halogens is 1. The lowest BCUT2D eigenvalue weighted by molar-refractivity contribution is -0.156. The molecule has 0 aliphatic heterocycles. The highest BCUT2D eigenvalue weighted by atomic mass is 35.5. The van der Waals surface area contributed by atoms with Crippen LogP contribution in [0.1, 0.15) is 12.5 Å². The topological polar surface area (TPSA) is 77.8 Å². The largest absolute Gasteiger partial charge is 0.508 e. The van der Waals surface area contributed by atoms with Crippen LogP contribution in [0.2, 0.25) is 5.02 Å². The standard InChI is InChI=1S/C10H11ClO4/c1-10(15,9(13)14)5-6-7(11)3-2-4-8(6)12/h2-4,12,15H,5H2,1H3,(H,13,14). The Kier molecular flexibility index (Phi) is 3.21. The van der Waals surface area contributed by atoms with E-state index in [-0.39, 0.29) is 22.8 Å². The van der Waals surface area contributed by atoms with E-state index < -0.39 is 11.6 Å². The molecule has 4 nitrogen and oxygen atoms in total. The van der Waals surface area contributed by atoms with Gasteiger partial charge in [0.2, 0.25) is 0 Å². The lowest BCUT2D eigenvalue weighted by atomic mass is 9.96. The van der Waals surface area contributed by atoms with Crippen molar-refractivity contribution in [3.63, 3.8) is 0 Å². The summed E-state index contributed by atoms with van der Waals surface area (Å²) < 4.78 is 0. The third-order valence-corrected chi connectivity index (χ3v) is 2.43. The summed E-state index contributed by atoms with van der Waals surface area (Å²) in [6, 6.07) is 4.45. The molecule has 0 amide bonds. The van der Waals surface area contributed by atoms with Gasteiger partial charge < -0.3 is 15.3 Å². The molecule has 0 saturated carbocycles. The number of phenols is 1. The van der Waals surface area contributed by atoms with Crippen LogP contribution in [0.15, 0.2) is 18.2 Å². The van der Waals surface area contributed by atoms with E-state index >= 15 is 0 Å². The highest BCUT2D eigenvalue weighted by Gasteiger charge is 2.31. The number of hydrogen-bond acceptors (Lipinski definition) is 3. The molecule has 5 heteroatoms. The molecule has 1 atom stereocenters. The third-order valence-electron chi connectivity index (χ3n) is 2.08. The van der Waals surface area contributed by atoms with Gasteiger partial charge in [-0.15, -0.1) is 0 Å². The maximum atomic E-state index is 10.7. The van der Waals surface area contributed by atoms with Crippen molar-refractivity contribution in [2.24, 2.45) is 0 Å². The molecule has 0 bridgehead atoms. The second-order valence-electron chi connectivity index (χ2n) is 3.49. The van der Waals surface area contributed by atoms with Crippen molar-refractivity contribution < 1.29 is 20.1 Å². The van der Waals surface area contributed by atoms with Crippen LogP contribution in [-0.4, -0.2) is 26.9 Å². The Morgan fingerprint density at radius 3 is 2.60 bits per heavy atom. The molecule has 0 saturated heterocycles. The fraction of sp³-hybridized carbons (Fsp3) is 0.300. The third kappa shape index (κ3) is 2.61. The molecule has 1 aromatic carbocycles. The van der Waals surface area contributed by atoms with Gasteiger partial charge in [-0.25, -0.2) is 4.79 Å². The van der Waals surface area contributed by atoms with Crippen LogP contribution >= 0.6 is 11.6 Å². The molecule has 0 aromatic heterocycles. The van der Waals surface area contributed by atoms with Gasteiger partial charge in [0.25, 0.3) is 0 Å². The van der Waals surface area contributed by atoms with Crippen LogP contribution in [0.5, 0.6) is 5.75 Å². The van der Waals surface area contributed by atoms with Crippen LogP contribution in [0.25, 0.3) is 0 Å². The second-order valence-corrected chi connectivity index (χ2v) is 3.90. The summed E-state index contributed by atoms with van der Waals surface area (Å²) in [6.07, 6.45) is -0.242. The van der Waals surface area contributed by atoms with Gasteiger partial charge in [0.1, 0.15) is 5.75 Å². The number of phenolic OH excluding ortho intramolecular Hbond substituents is 1. The Hall–Kier alpha value is -1.26. The van der Waals surface area contributed by atoms with Gasteiger partial charge >= 0.3 is 5.97 Å². The lowest BCUT2D eigenvalue weighted by Crippen LogP contribution is -2.37. The van der Waals surface area contributed by atoms with Crippen molar-refractivity contribution in [1.29, 1.82) is 0 Å². The summed E-state index contributed by atoms with van der Waals surface area (Å²) in [6.45, 7) is 1.15. The summed E-state index contributed by atoms with van der Waals surface area (Å²) in [4.78, 5) is 10.7. The Balaban J connectivity index is 3.04. The van der Waals surface area contributed by atoms with Crippen molar-refractivity contribution in [2.45, 2.75) is 18.9 Å². The van der Waals surface area contributed by atoms with Crippen molar-refractivity contribution in [2.75, 3.05) is 0 Å². The van der Waals surface area contributed by atoms with Gasteiger partial charge in [-0.2, -0.15) is 0 Å². The van der Waals surface area contributed by atoms with Gasteiger partial charge in [0, 0.05) is 17.0 Å². The number of hydrogen-bond donors (Lipinski definition) is 3. The number of aromatic hydroxyl groups is 1. The molecule has 15 heavy (non-hydrogen) atoms. The van der Waals surface area contributed by atoms with Crippen molar-refractivity contribution in [3.8, 4) is 5.75 Å². The summed E-state index contributed by atoms with van der Waals surface area (Å²) in [7, 11) is 0. The summed E-state index contributed by atoms with van der Waals surface area (Å²) in [5.74, 6) is -1.48. The van der Waals surface area contributed by atoms with Gasteiger partial charge in [-0.1, -0.05) is 17.7 Å². The van der Waals surface area contributed by atoms with E-state index in [1.807, 2.05) is 0 Å². The first kappa shape index (κ1) is 11.8. The predicted molar refractivity (Wildman–Crippen MR) is 55.1 cm³/mol. The highest BCUT2D eigenvalue weighted by Crippen LogP contribution is 2.29. The fourth-order valence-electron chi connectivity index (χ4n) is 1.14. The molecular formula is C10H11ClO4. The van der Waals surface area contributed by atoms with Crippen molar-refractivity contribution in [3.05, 3.63) is 28.8 Å². The van der Waals surface area contributed by atoms with Crippen LogP contribution in [-0.2, 0) is 11.2 Å². The van der Waals surface area contributed by atoms with E-state index in [0.29, 0.717) is 0 Å². The van der Waals surface area contributed by atoms with Crippen molar-refractivity contribution >= 4 is 17.6 Å². The zero-order valence-electron chi connectivity index (χ0n) is 8.07. The number of aliphatic hydroxyl groups is 1. The normalized spacial score (nSPS) is 14.6. The SMILES string of the molecule is CC(O)(Cc1c(O)cccc1Cl)C(=O)O. The smallest absolute Gasteiger partial charge is 0.335 e. The molecule has 0 aliphatic carbocycles. The average molecular weight is 231 g/mol. The number of rotatable bonds is 3. The molecule has 82 valence electrons. The maximum Gasteiger partial charge on any atom is 0.335 e. The molecule has 0 aliphatic rings. The second kappa shape index (κ2) is 4.08. The van der Waals surface area contributed by atoms with Crippen molar-refractivity contribution in [1.82, 2.24) is 0 Å². The minimum Gasteiger partial charge on any atom is -0.508 e.